The van der Waals surface area contributed by atoms with Crippen molar-refractivity contribution in [3.8, 4) is 5.75 Å². The summed E-state index contributed by atoms with van der Waals surface area (Å²) < 4.78 is 29.0. The molecule has 104 valence electrons. The maximum absolute atomic E-state index is 12.0. The molecule has 0 aliphatic heterocycles. The molecule has 0 aliphatic rings. The van der Waals surface area contributed by atoms with Gasteiger partial charge in [-0.1, -0.05) is 13.3 Å². The maximum atomic E-state index is 12.0. The molecule has 1 aromatic carbocycles. The summed E-state index contributed by atoms with van der Waals surface area (Å²) in [4.78, 5) is 11.0. The maximum Gasteiger partial charge on any atom is 0.332 e. The van der Waals surface area contributed by atoms with E-state index in [0.29, 0.717) is 12.2 Å². The summed E-state index contributed by atoms with van der Waals surface area (Å²) in [6.07, 6.45) is 0.779. The van der Waals surface area contributed by atoms with Gasteiger partial charge in [-0.05, 0) is 30.7 Å². The van der Waals surface area contributed by atoms with Crippen molar-refractivity contribution in [3.63, 3.8) is 0 Å². The summed E-state index contributed by atoms with van der Waals surface area (Å²) in [5.41, 5.74) is -0.113. The minimum absolute atomic E-state index is 0.0446. The standard InChI is InChI=1S/C13H16O5S/c1-3-4-10(13(14)15)9-19(16,17)12-7-5-11(18-2)6-8-12/h5-9H,3-4H2,1-2H3,(H,14,15). The first-order chi connectivity index (χ1) is 8.90. The van der Waals surface area contributed by atoms with Crippen LogP contribution in [0.1, 0.15) is 19.8 Å². The van der Waals surface area contributed by atoms with Gasteiger partial charge >= 0.3 is 5.97 Å². The minimum Gasteiger partial charge on any atom is -0.497 e. The molecule has 19 heavy (non-hydrogen) atoms. The molecule has 5 nitrogen and oxygen atoms in total. The number of hydrogen-bond acceptors (Lipinski definition) is 4. The molecule has 0 amide bonds. The fourth-order valence-corrected chi connectivity index (χ4v) is 2.75. The molecule has 0 atom stereocenters. The van der Waals surface area contributed by atoms with Crippen molar-refractivity contribution in [2.45, 2.75) is 24.7 Å². The molecule has 6 heteroatoms. The fourth-order valence-electron chi connectivity index (χ4n) is 1.51. The van der Waals surface area contributed by atoms with Gasteiger partial charge < -0.3 is 9.84 Å². The first-order valence-electron chi connectivity index (χ1n) is 5.73. The highest BCUT2D eigenvalue weighted by Gasteiger charge is 2.16. The van der Waals surface area contributed by atoms with Crippen molar-refractivity contribution >= 4 is 15.8 Å². The van der Waals surface area contributed by atoms with Gasteiger partial charge in [0.05, 0.1) is 12.0 Å². The summed E-state index contributed by atoms with van der Waals surface area (Å²) in [6.45, 7) is 1.79. The number of ether oxygens (including phenoxy) is 1. The van der Waals surface area contributed by atoms with Crippen LogP contribution in [-0.2, 0) is 14.6 Å². The summed E-state index contributed by atoms with van der Waals surface area (Å²) in [7, 11) is -2.27. The lowest BCUT2D eigenvalue weighted by atomic mass is 10.2. The van der Waals surface area contributed by atoms with E-state index in [1.165, 1.54) is 31.4 Å². The minimum atomic E-state index is -3.75. The number of benzene rings is 1. The molecule has 0 aliphatic carbocycles. The van der Waals surface area contributed by atoms with Gasteiger partial charge in [0.2, 0.25) is 0 Å². The van der Waals surface area contributed by atoms with E-state index in [9.17, 15) is 13.2 Å². The van der Waals surface area contributed by atoms with E-state index in [1.807, 2.05) is 0 Å². The van der Waals surface area contributed by atoms with E-state index in [0.717, 1.165) is 5.41 Å². The fraction of sp³-hybridized carbons (Fsp3) is 0.308. The zero-order valence-electron chi connectivity index (χ0n) is 10.8. The van der Waals surface area contributed by atoms with Gasteiger partial charge in [0, 0.05) is 11.0 Å². The number of carbonyl (C=O) groups is 1. The zero-order chi connectivity index (χ0) is 14.5. The average Bonchev–Trinajstić information content (AvgIpc) is 2.38. The Labute approximate surface area is 112 Å². The Morgan fingerprint density at radius 2 is 1.89 bits per heavy atom. The molecule has 0 aromatic heterocycles. The highest BCUT2D eigenvalue weighted by Crippen LogP contribution is 2.19. The van der Waals surface area contributed by atoms with Gasteiger partial charge in [-0.2, -0.15) is 0 Å². The molecule has 0 fully saturated rings. The summed E-state index contributed by atoms with van der Waals surface area (Å²) in [6, 6.07) is 5.80. The van der Waals surface area contributed by atoms with Crippen molar-refractivity contribution in [1.82, 2.24) is 0 Å². The van der Waals surface area contributed by atoms with Crippen LogP contribution in [0.2, 0.25) is 0 Å². The molecule has 1 N–H and O–H groups in total. The number of aliphatic carboxylic acids is 1. The van der Waals surface area contributed by atoms with Crippen LogP contribution in [-0.4, -0.2) is 26.6 Å². The van der Waals surface area contributed by atoms with E-state index in [2.05, 4.69) is 0 Å². The first-order valence-corrected chi connectivity index (χ1v) is 7.28. The molecule has 0 saturated carbocycles. The molecule has 1 rings (SSSR count). The third-order valence-electron chi connectivity index (χ3n) is 2.48. The SMILES string of the molecule is CCCC(=CS(=O)(=O)c1ccc(OC)cc1)C(=O)O. The van der Waals surface area contributed by atoms with E-state index in [4.69, 9.17) is 9.84 Å². The van der Waals surface area contributed by atoms with E-state index >= 15 is 0 Å². The molecule has 0 radical (unpaired) electrons. The van der Waals surface area contributed by atoms with Crippen LogP contribution in [0.5, 0.6) is 5.75 Å². The summed E-state index contributed by atoms with van der Waals surface area (Å²) in [5.74, 6) is -0.672. The predicted octanol–water partition coefficient (Wildman–Crippen LogP) is 2.24. The Morgan fingerprint density at radius 3 is 2.32 bits per heavy atom. The lowest BCUT2D eigenvalue weighted by Gasteiger charge is -2.04. The first kappa shape index (κ1) is 15.2. The molecule has 0 heterocycles. The van der Waals surface area contributed by atoms with Crippen LogP contribution >= 0.6 is 0 Å². The number of sulfone groups is 1. The van der Waals surface area contributed by atoms with Gasteiger partial charge in [0.1, 0.15) is 5.75 Å². The van der Waals surface area contributed by atoms with Crippen molar-refractivity contribution in [2.75, 3.05) is 7.11 Å². The normalized spacial score (nSPS) is 12.2. The number of hydrogen-bond donors (Lipinski definition) is 1. The quantitative estimate of drug-likeness (QED) is 0.810. The molecular weight excluding hydrogens is 268 g/mol. The summed E-state index contributed by atoms with van der Waals surface area (Å²) in [5, 5.41) is 9.76. The Bertz CT molecular complexity index is 570. The van der Waals surface area contributed by atoms with E-state index in [1.54, 1.807) is 6.92 Å². The second-order valence-corrected chi connectivity index (χ2v) is 5.72. The largest absolute Gasteiger partial charge is 0.497 e. The van der Waals surface area contributed by atoms with Gasteiger partial charge in [0.15, 0.2) is 9.84 Å². The van der Waals surface area contributed by atoms with Crippen LogP contribution in [0.15, 0.2) is 40.1 Å². The second kappa shape index (κ2) is 6.38. The lowest BCUT2D eigenvalue weighted by molar-refractivity contribution is -0.132. The van der Waals surface area contributed by atoms with Crippen LogP contribution in [0.4, 0.5) is 0 Å². The Morgan fingerprint density at radius 1 is 1.32 bits per heavy atom. The van der Waals surface area contributed by atoms with Gasteiger partial charge in [0.25, 0.3) is 0 Å². The zero-order valence-corrected chi connectivity index (χ0v) is 11.6. The third kappa shape index (κ3) is 4.10. The molecule has 1 aromatic rings. The molecule has 0 saturated heterocycles. The third-order valence-corrected chi connectivity index (χ3v) is 4.00. The Balaban J connectivity index is 3.14. The predicted molar refractivity (Wildman–Crippen MR) is 70.8 cm³/mol. The van der Waals surface area contributed by atoms with Crippen LogP contribution in [0.25, 0.3) is 0 Å². The number of carboxylic acid groups (broad SMARTS) is 1. The van der Waals surface area contributed by atoms with Crippen molar-refractivity contribution < 1.29 is 23.1 Å². The topological polar surface area (TPSA) is 80.7 Å². The number of carboxylic acids is 1. The average molecular weight is 284 g/mol. The van der Waals surface area contributed by atoms with Gasteiger partial charge in [-0.15, -0.1) is 0 Å². The Kier molecular flexibility index (Phi) is 5.11. The second-order valence-electron chi connectivity index (χ2n) is 3.92. The van der Waals surface area contributed by atoms with Crippen LogP contribution in [0, 0.1) is 0 Å². The summed E-state index contributed by atoms with van der Waals surface area (Å²) >= 11 is 0. The lowest BCUT2D eigenvalue weighted by Crippen LogP contribution is -2.05. The Hall–Kier alpha value is -1.82. The van der Waals surface area contributed by atoms with Crippen LogP contribution in [0.3, 0.4) is 0 Å². The molecule has 0 unspecified atom stereocenters. The molecule has 0 bridgehead atoms. The number of methoxy groups -OCH3 is 1. The van der Waals surface area contributed by atoms with Gasteiger partial charge in [-0.25, -0.2) is 13.2 Å². The van der Waals surface area contributed by atoms with Crippen LogP contribution < -0.4 is 4.74 Å². The van der Waals surface area contributed by atoms with Crippen molar-refractivity contribution in [1.29, 1.82) is 0 Å². The highest BCUT2D eigenvalue weighted by molar-refractivity contribution is 7.94. The van der Waals surface area contributed by atoms with E-state index < -0.39 is 15.8 Å². The molecule has 0 spiro atoms. The monoisotopic (exact) mass is 284 g/mol. The smallest absolute Gasteiger partial charge is 0.332 e. The number of rotatable bonds is 6. The van der Waals surface area contributed by atoms with Crippen molar-refractivity contribution in [2.24, 2.45) is 0 Å². The van der Waals surface area contributed by atoms with E-state index in [-0.39, 0.29) is 16.9 Å². The van der Waals surface area contributed by atoms with Gasteiger partial charge in [-0.3, -0.25) is 0 Å². The van der Waals surface area contributed by atoms with Crippen molar-refractivity contribution in [3.05, 3.63) is 35.2 Å². The highest BCUT2D eigenvalue weighted by atomic mass is 32.2. The molecular formula is C13H16O5S.